The molecule has 8 nitrogen and oxygen atoms in total. The van der Waals surface area contributed by atoms with E-state index in [4.69, 9.17) is 5.26 Å². The highest BCUT2D eigenvalue weighted by molar-refractivity contribution is 5.93. The highest BCUT2D eigenvalue weighted by Crippen LogP contribution is 2.18. The highest BCUT2D eigenvalue weighted by atomic mass is 16.4. The molecule has 2 N–H and O–H groups in total. The van der Waals surface area contributed by atoms with Gasteiger partial charge in [-0.1, -0.05) is 24.3 Å². The second-order valence-electron chi connectivity index (χ2n) is 7.07. The topological polar surface area (TPSA) is 133 Å². The van der Waals surface area contributed by atoms with Crippen molar-refractivity contribution in [3.63, 3.8) is 0 Å². The van der Waals surface area contributed by atoms with Crippen LogP contribution in [0.5, 0.6) is 0 Å². The van der Waals surface area contributed by atoms with E-state index in [9.17, 15) is 24.6 Å². The number of benzene rings is 3. The molecule has 0 aliphatic carbocycles. The zero-order chi connectivity index (χ0) is 23.5. The zero-order valence-electron chi connectivity index (χ0n) is 17.0. The Balaban J connectivity index is 1.95. The van der Waals surface area contributed by atoms with Crippen LogP contribution in [0.4, 0.5) is 0 Å². The number of aromatic nitrogens is 2. The Hall–Kier alpha value is -5.03. The molecule has 160 valence electrons. The third-order valence-corrected chi connectivity index (χ3v) is 4.96. The molecule has 0 spiro atoms. The molecule has 1 aromatic heterocycles. The summed E-state index contributed by atoms with van der Waals surface area (Å²) in [6, 6.07) is 18.7. The van der Waals surface area contributed by atoms with Crippen LogP contribution in [-0.2, 0) is 0 Å². The number of nitrogens with zero attached hydrogens (tertiary/aromatic N) is 3. The summed E-state index contributed by atoms with van der Waals surface area (Å²) in [4.78, 5) is 40.7. The van der Waals surface area contributed by atoms with Crippen molar-refractivity contribution in [3.8, 4) is 11.8 Å². The summed E-state index contributed by atoms with van der Waals surface area (Å²) in [6.45, 7) is 0. The van der Waals surface area contributed by atoms with Crippen LogP contribution in [0.15, 0.2) is 71.5 Å². The molecule has 0 saturated carbocycles. The summed E-state index contributed by atoms with van der Waals surface area (Å²) in [5.74, 6) is -2.10. The van der Waals surface area contributed by atoms with Crippen LogP contribution in [0.3, 0.4) is 0 Å². The molecule has 3 aromatic carbocycles. The van der Waals surface area contributed by atoms with Gasteiger partial charge >= 0.3 is 11.9 Å². The first-order chi connectivity index (χ1) is 15.9. The van der Waals surface area contributed by atoms with Crippen LogP contribution in [0.1, 0.15) is 37.7 Å². The largest absolute Gasteiger partial charge is 0.478 e. The second-order valence-corrected chi connectivity index (χ2v) is 7.07. The molecule has 0 unspecified atom stereocenters. The third-order valence-electron chi connectivity index (χ3n) is 4.96. The van der Waals surface area contributed by atoms with Gasteiger partial charge in [0, 0.05) is 0 Å². The molecule has 0 bridgehead atoms. The van der Waals surface area contributed by atoms with E-state index in [1.165, 1.54) is 41.0 Å². The molecule has 33 heavy (non-hydrogen) atoms. The maximum Gasteiger partial charge on any atom is 0.335 e. The maximum absolute atomic E-state index is 13.4. The molecule has 0 aliphatic heterocycles. The SMILES string of the molecule is N#Cc1ccc(/C=C/c2nc3cc(C(=O)O)ccc3c(=O)n2-c2cccc(C(=O)O)c2)cc1. The van der Waals surface area contributed by atoms with Gasteiger partial charge in [0.05, 0.1) is 39.3 Å². The fourth-order valence-electron chi connectivity index (χ4n) is 3.31. The van der Waals surface area contributed by atoms with E-state index in [1.807, 2.05) is 6.07 Å². The van der Waals surface area contributed by atoms with Crippen LogP contribution in [0.25, 0.3) is 28.7 Å². The molecule has 0 aliphatic rings. The van der Waals surface area contributed by atoms with Crippen molar-refractivity contribution in [2.24, 2.45) is 0 Å². The molecule has 0 amide bonds. The van der Waals surface area contributed by atoms with Crippen molar-refractivity contribution in [1.29, 1.82) is 5.26 Å². The van der Waals surface area contributed by atoms with E-state index in [-0.39, 0.29) is 27.9 Å². The molecule has 0 saturated heterocycles. The summed E-state index contributed by atoms with van der Waals surface area (Å²) in [5.41, 5.74) is 1.26. The first-order valence-corrected chi connectivity index (χ1v) is 9.69. The van der Waals surface area contributed by atoms with Crippen LogP contribution >= 0.6 is 0 Å². The van der Waals surface area contributed by atoms with Crippen LogP contribution in [0, 0.1) is 11.3 Å². The van der Waals surface area contributed by atoms with Gasteiger partial charge in [0.2, 0.25) is 0 Å². The summed E-state index contributed by atoms with van der Waals surface area (Å²) in [7, 11) is 0. The fraction of sp³-hybridized carbons (Fsp3) is 0. The predicted molar refractivity (Wildman–Crippen MR) is 121 cm³/mol. The molecule has 0 radical (unpaired) electrons. The average molecular weight is 437 g/mol. The minimum atomic E-state index is -1.15. The van der Waals surface area contributed by atoms with E-state index >= 15 is 0 Å². The molecule has 4 rings (SSSR count). The molecule has 8 heteroatoms. The van der Waals surface area contributed by atoms with Crippen molar-refractivity contribution in [2.45, 2.75) is 0 Å². The number of carboxylic acids is 2. The minimum Gasteiger partial charge on any atom is -0.478 e. The zero-order valence-corrected chi connectivity index (χ0v) is 17.0. The smallest absolute Gasteiger partial charge is 0.335 e. The van der Waals surface area contributed by atoms with E-state index in [1.54, 1.807) is 42.5 Å². The Morgan fingerprint density at radius 3 is 2.27 bits per heavy atom. The lowest BCUT2D eigenvalue weighted by atomic mass is 10.1. The van der Waals surface area contributed by atoms with Gasteiger partial charge in [0.1, 0.15) is 5.82 Å². The van der Waals surface area contributed by atoms with Gasteiger partial charge in [-0.15, -0.1) is 0 Å². The average Bonchev–Trinajstić information content (AvgIpc) is 2.82. The molecular weight excluding hydrogens is 422 g/mol. The summed E-state index contributed by atoms with van der Waals surface area (Å²) < 4.78 is 1.27. The third kappa shape index (κ3) is 4.24. The number of aromatic carboxylic acids is 2. The van der Waals surface area contributed by atoms with E-state index < -0.39 is 17.5 Å². The van der Waals surface area contributed by atoms with Gasteiger partial charge in [-0.2, -0.15) is 5.26 Å². The highest BCUT2D eigenvalue weighted by Gasteiger charge is 2.15. The van der Waals surface area contributed by atoms with Crippen molar-refractivity contribution in [3.05, 3.63) is 105 Å². The normalized spacial score (nSPS) is 10.9. The molecule has 1 heterocycles. The Morgan fingerprint density at radius 2 is 1.61 bits per heavy atom. The van der Waals surface area contributed by atoms with Crippen molar-refractivity contribution in [2.75, 3.05) is 0 Å². The van der Waals surface area contributed by atoms with Gasteiger partial charge in [-0.3, -0.25) is 9.36 Å². The number of carbonyl (C=O) groups is 2. The van der Waals surface area contributed by atoms with Gasteiger partial charge in [-0.05, 0) is 60.2 Å². The van der Waals surface area contributed by atoms with Crippen molar-refractivity contribution in [1.82, 2.24) is 9.55 Å². The quantitative estimate of drug-likeness (QED) is 0.485. The Kier molecular flexibility index (Phi) is 5.53. The van der Waals surface area contributed by atoms with E-state index in [0.29, 0.717) is 11.3 Å². The van der Waals surface area contributed by atoms with E-state index in [2.05, 4.69) is 4.98 Å². The standard InChI is InChI=1S/C25H15N3O5/c26-14-16-6-4-15(5-7-16)8-11-22-27-21-13-18(25(32)33)9-10-20(21)23(29)28(22)19-3-1-2-17(12-19)24(30)31/h1-13H,(H,30,31)(H,32,33)/b11-8+. The fourth-order valence-corrected chi connectivity index (χ4v) is 3.31. The first-order valence-electron chi connectivity index (χ1n) is 9.69. The summed E-state index contributed by atoms with van der Waals surface area (Å²) >= 11 is 0. The number of carboxylic acid groups (broad SMARTS) is 2. The predicted octanol–water partition coefficient (Wildman–Crippen LogP) is 3.82. The lowest BCUT2D eigenvalue weighted by Crippen LogP contribution is -2.23. The van der Waals surface area contributed by atoms with Crippen LogP contribution in [0.2, 0.25) is 0 Å². The number of rotatable bonds is 5. The summed E-state index contributed by atoms with van der Waals surface area (Å²) in [5, 5.41) is 27.8. The first kappa shape index (κ1) is 21.2. The second kappa shape index (κ2) is 8.61. The number of nitriles is 1. The van der Waals surface area contributed by atoms with Gasteiger partial charge in [-0.25, -0.2) is 14.6 Å². The number of hydrogen-bond donors (Lipinski definition) is 2. The lowest BCUT2D eigenvalue weighted by Gasteiger charge is -2.12. The van der Waals surface area contributed by atoms with E-state index in [0.717, 1.165) is 5.56 Å². The van der Waals surface area contributed by atoms with Crippen LogP contribution < -0.4 is 5.56 Å². The Morgan fingerprint density at radius 1 is 0.909 bits per heavy atom. The minimum absolute atomic E-state index is 0.00254. The molecule has 4 aromatic rings. The van der Waals surface area contributed by atoms with Gasteiger partial charge < -0.3 is 10.2 Å². The molecular formula is C25H15N3O5. The van der Waals surface area contributed by atoms with Crippen molar-refractivity contribution >= 4 is 35.0 Å². The monoisotopic (exact) mass is 437 g/mol. The molecule has 0 atom stereocenters. The van der Waals surface area contributed by atoms with Gasteiger partial charge in [0.25, 0.3) is 5.56 Å². The van der Waals surface area contributed by atoms with Crippen molar-refractivity contribution < 1.29 is 19.8 Å². The van der Waals surface area contributed by atoms with Crippen LogP contribution in [-0.4, -0.2) is 31.7 Å². The lowest BCUT2D eigenvalue weighted by molar-refractivity contribution is 0.0686. The van der Waals surface area contributed by atoms with Gasteiger partial charge in [0.15, 0.2) is 0 Å². The number of fused-ring (bicyclic) bond motifs is 1. The number of hydrogen-bond acceptors (Lipinski definition) is 5. The summed E-state index contributed by atoms with van der Waals surface area (Å²) in [6.07, 6.45) is 3.26. The Labute approximate surface area is 186 Å². The maximum atomic E-state index is 13.4. The Bertz CT molecular complexity index is 1540. The molecule has 0 fully saturated rings.